The summed E-state index contributed by atoms with van der Waals surface area (Å²) in [5.41, 5.74) is -0.00756. The van der Waals surface area contributed by atoms with Crippen LogP contribution in [0.1, 0.15) is 23.6 Å². The zero-order valence-electron chi connectivity index (χ0n) is 13.1. The lowest BCUT2D eigenvalue weighted by atomic mass is 9.95. The van der Waals surface area contributed by atoms with Crippen LogP contribution in [0.4, 0.5) is 5.82 Å². The molecule has 1 N–H and O–H groups in total. The quantitative estimate of drug-likeness (QED) is 0.794. The molecule has 122 valence electrons. The molecule has 0 aliphatic rings. The largest absolute Gasteiger partial charge is 0.380 e. The van der Waals surface area contributed by atoms with Crippen molar-refractivity contribution in [2.45, 2.75) is 32.4 Å². The van der Waals surface area contributed by atoms with Crippen molar-refractivity contribution in [1.29, 1.82) is 5.26 Å². The van der Waals surface area contributed by atoms with Crippen LogP contribution >= 0.6 is 15.9 Å². The Morgan fingerprint density at radius 3 is 2.88 bits per heavy atom. The van der Waals surface area contributed by atoms with Crippen LogP contribution in [0.15, 0.2) is 23.1 Å². The standard InChI is InChI=1S/C16H14BrN5O2/c1-10-4-11(7-20-15(10)19-3)5-13(23)16(2,24)9-22-8-12(6-18)14(17)21-22/h4,7-8,24H,5,9H2,1-2H3/t16-/m0/s1. The Kier molecular flexibility index (Phi) is 5.13. The molecule has 2 heterocycles. The highest BCUT2D eigenvalue weighted by Crippen LogP contribution is 2.19. The van der Waals surface area contributed by atoms with Gasteiger partial charge in [0.05, 0.1) is 6.54 Å². The van der Waals surface area contributed by atoms with Gasteiger partial charge in [-0.1, -0.05) is 12.6 Å². The van der Waals surface area contributed by atoms with Crippen LogP contribution in [0.25, 0.3) is 4.85 Å². The molecule has 7 nitrogen and oxygen atoms in total. The third-order valence-electron chi connectivity index (χ3n) is 3.49. The Hall–Kier alpha value is -2.55. The Balaban J connectivity index is 2.14. The van der Waals surface area contributed by atoms with Crippen molar-refractivity contribution in [3.8, 4) is 6.07 Å². The molecule has 0 amide bonds. The third kappa shape index (κ3) is 3.85. The molecule has 0 fully saturated rings. The molecule has 8 heteroatoms. The Morgan fingerprint density at radius 2 is 2.33 bits per heavy atom. The second kappa shape index (κ2) is 6.91. The van der Waals surface area contributed by atoms with Gasteiger partial charge in [-0.25, -0.2) is 0 Å². The normalized spacial score (nSPS) is 12.9. The van der Waals surface area contributed by atoms with E-state index < -0.39 is 11.4 Å². The monoisotopic (exact) mass is 387 g/mol. The lowest BCUT2D eigenvalue weighted by Crippen LogP contribution is -2.41. The van der Waals surface area contributed by atoms with Gasteiger partial charge in [0, 0.05) is 18.2 Å². The fourth-order valence-corrected chi connectivity index (χ4v) is 2.57. The van der Waals surface area contributed by atoms with Gasteiger partial charge in [0.2, 0.25) is 0 Å². The number of hydrogen-bond donors (Lipinski definition) is 1. The maximum absolute atomic E-state index is 12.4. The second-order valence-corrected chi connectivity index (χ2v) is 6.36. The van der Waals surface area contributed by atoms with Crippen molar-refractivity contribution in [3.05, 3.63) is 51.2 Å². The number of ketones is 1. The summed E-state index contributed by atoms with van der Waals surface area (Å²) in [5.74, 6) is -0.104. The fraction of sp³-hybridized carbons (Fsp3) is 0.312. The van der Waals surface area contributed by atoms with E-state index in [1.54, 1.807) is 13.0 Å². The number of hydrogen-bond acceptors (Lipinski definition) is 5. The summed E-state index contributed by atoms with van der Waals surface area (Å²) in [7, 11) is 0. The van der Waals surface area contributed by atoms with Crippen molar-refractivity contribution in [1.82, 2.24) is 14.8 Å². The molecule has 0 spiro atoms. The predicted octanol–water partition coefficient (Wildman–Crippen LogP) is 2.33. The van der Waals surface area contributed by atoms with E-state index >= 15 is 0 Å². The number of carbonyl (C=O) groups excluding carboxylic acids is 1. The molecule has 2 rings (SSSR count). The molecule has 0 saturated heterocycles. The molecule has 0 aliphatic heterocycles. The molecule has 0 aromatic carbocycles. The average molecular weight is 388 g/mol. The Bertz CT molecular complexity index is 874. The van der Waals surface area contributed by atoms with Crippen molar-refractivity contribution < 1.29 is 9.90 Å². The molecule has 0 radical (unpaired) electrons. The fourth-order valence-electron chi connectivity index (χ4n) is 2.17. The summed E-state index contributed by atoms with van der Waals surface area (Å²) < 4.78 is 1.72. The molecule has 0 saturated carbocycles. The van der Waals surface area contributed by atoms with Gasteiger partial charge < -0.3 is 9.95 Å². The maximum atomic E-state index is 12.4. The van der Waals surface area contributed by atoms with Crippen LogP contribution in [0, 0.1) is 24.8 Å². The lowest BCUT2D eigenvalue weighted by Gasteiger charge is -2.21. The number of Topliss-reactive ketones (excluding diaryl/α,β-unsaturated/α-hetero) is 1. The number of carbonyl (C=O) groups is 1. The molecular weight excluding hydrogens is 374 g/mol. The van der Waals surface area contributed by atoms with E-state index in [9.17, 15) is 9.90 Å². The summed E-state index contributed by atoms with van der Waals surface area (Å²) in [6.45, 7) is 10.1. The minimum absolute atomic E-state index is 0.00728. The van der Waals surface area contributed by atoms with Crippen molar-refractivity contribution in [2.75, 3.05) is 0 Å². The average Bonchev–Trinajstić information content (AvgIpc) is 2.86. The van der Waals surface area contributed by atoms with Gasteiger partial charge in [0.1, 0.15) is 28.0 Å². The first-order valence-electron chi connectivity index (χ1n) is 6.98. The first kappa shape index (κ1) is 17.8. The van der Waals surface area contributed by atoms with Crippen LogP contribution in [0.2, 0.25) is 0 Å². The van der Waals surface area contributed by atoms with Crippen molar-refractivity contribution in [2.24, 2.45) is 0 Å². The minimum atomic E-state index is -1.65. The lowest BCUT2D eigenvalue weighted by molar-refractivity contribution is -0.136. The van der Waals surface area contributed by atoms with Gasteiger partial charge in [-0.3, -0.25) is 9.48 Å². The molecule has 0 unspecified atom stereocenters. The van der Waals surface area contributed by atoms with E-state index in [1.165, 1.54) is 24.0 Å². The Morgan fingerprint density at radius 1 is 1.62 bits per heavy atom. The van der Waals surface area contributed by atoms with E-state index in [-0.39, 0.29) is 13.0 Å². The van der Waals surface area contributed by atoms with Gasteiger partial charge in [-0.15, -0.1) is 4.98 Å². The first-order chi connectivity index (χ1) is 11.3. The van der Waals surface area contributed by atoms with E-state index in [4.69, 9.17) is 11.8 Å². The second-order valence-electron chi connectivity index (χ2n) is 5.61. The number of nitrogens with zero attached hydrogens (tertiary/aromatic N) is 5. The number of pyridine rings is 1. The van der Waals surface area contributed by atoms with Gasteiger partial charge in [-0.05, 0) is 35.3 Å². The van der Waals surface area contributed by atoms with E-state index in [2.05, 4.69) is 30.9 Å². The third-order valence-corrected chi connectivity index (χ3v) is 4.07. The Labute approximate surface area is 147 Å². The molecule has 2 aromatic rings. The van der Waals surface area contributed by atoms with Gasteiger partial charge in [0.25, 0.3) is 5.82 Å². The van der Waals surface area contributed by atoms with Crippen LogP contribution in [-0.2, 0) is 17.8 Å². The highest BCUT2D eigenvalue weighted by atomic mass is 79.9. The zero-order chi connectivity index (χ0) is 17.9. The van der Waals surface area contributed by atoms with Crippen LogP contribution in [-0.4, -0.2) is 31.3 Å². The van der Waals surface area contributed by atoms with E-state index in [0.717, 1.165) is 0 Å². The number of nitriles is 1. The molecule has 2 aromatic heterocycles. The number of aryl methyl sites for hydroxylation is 1. The van der Waals surface area contributed by atoms with Gasteiger partial charge in [0.15, 0.2) is 5.78 Å². The highest BCUT2D eigenvalue weighted by Gasteiger charge is 2.31. The van der Waals surface area contributed by atoms with Crippen LogP contribution in [0.3, 0.4) is 0 Å². The first-order valence-corrected chi connectivity index (χ1v) is 7.78. The number of aliphatic hydroxyl groups is 1. The number of halogens is 1. The summed E-state index contributed by atoms with van der Waals surface area (Å²) in [5, 5.41) is 23.4. The topological polar surface area (TPSA) is 96.2 Å². The van der Waals surface area contributed by atoms with Crippen molar-refractivity contribution in [3.63, 3.8) is 0 Å². The molecular formula is C16H14BrN5O2. The SMILES string of the molecule is [C-]#[N+]c1ncc(CC(=O)[C@@](C)(O)Cn2cc(C#N)c(Br)n2)cc1C. The van der Waals surface area contributed by atoms with Gasteiger partial charge in [-0.2, -0.15) is 10.4 Å². The van der Waals surface area contributed by atoms with Gasteiger partial charge >= 0.3 is 0 Å². The zero-order valence-corrected chi connectivity index (χ0v) is 14.7. The van der Waals surface area contributed by atoms with E-state index in [1.807, 2.05) is 6.07 Å². The predicted molar refractivity (Wildman–Crippen MR) is 89.2 cm³/mol. The summed E-state index contributed by atoms with van der Waals surface area (Å²) >= 11 is 3.14. The maximum Gasteiger partial charge on any atom is 0.272 e. The molecule has 24 heavy (non-hydrogen) atoms. The smallest absolute Gasteiger partial charge is 0.272 e. The molecule has 0 bridgehead atoms. The molecule has 1 atom stereocenters. The van der Waals surface area contributed by atoms with Crippen LogP contribution < -0.4 is 0 Å². The highest BCUT2D eigenvalue weighted by molar-refractivity contribution is 9.10. The summed E-state index contributed by atoms with van der Waals surface area (Å²) in [6, 6.07) is 3.67. The number of aromatic nitrogens is 3. The minimum Gasteiger partial charge on any atom is -0.380 e. The van der Waals surface area contributed by atoms with E-state index in [0.29, 0.717) is 27.1 Å². The molecule has 0 aliphatic carbocycles. The summed E-state index contributed by atoms with van der Waals surface area (Å²) in [6.07, 6.45) is 2.92. The van der Waals surface area contributed by atoms with Crippen molar-refractivity contribution >= 4 is 27.5 Å². The van der Waals surface area contributed by atoms with Crippen LogP contribution in [0.5, 0.6) is 0 Å². The number of rotatable bonds is 5. The summed E-state index contributed by atoms with van der Waals surface area (Å²) in [4.78, 5) is 19.7.